The minimum Gasteiger partial charge on any atom is -0.491 e. The van der Waals surface area contributed by atoms with Crippen LogP contribution in [-0.4, -0.2) is 18.8 Å². The Morgan fingerprint density at radius 3 is 2.95 bits per heavy atom. The summed E-state index contributed by atoms with van der Waals surface area (Å²) in [4.78, 5) is 0. The molecule has 1 saturated heterocycles. The van der Waals surface area contributed by atoms with Crippen LogP contribution in [-0.2, 0) is 4.74 Å². The third-order valence-corrected chi connectivity index (χ3v) is 3.36. The first-order chi connectivity index (χ1) is 9.19. The van der Waals surface area contributed by atoms with Gasteiger partial charge < -0.3 is 9.47 Å². The zero-order valence-corrected chi connectivity index (χ0v) is 11.8. The second kappa shape index (κ2) is 6.89. The average Bonchev–Trinajstić information content (AvgIpc) is 2.88. The first-order valence-corrected chi connectivity index (χ1v) is 7.03. The fraction of sp³-hybridized carbons (Fsp3) is 0.600. The number of rotatable bonds is 6. The summed E-state index contributed by atoms with van der Waals surface area (Å²) < 4.78 is 11.4. The Kier molecular flexibility index (Phi) is 5.19. The molecule has 1 aromatic carbocycles. The molecular formula is C15H24N2O2. The fourth-order valence-electron chi connectivity index (χ4n) is 2.47. The Morgan fingerprint density at radius 2 is 2.32 bits per heavy atom. The Bertz CT molecular complexity index is 389. The molecule has 0 spiro atoms. The van der Waals surface area contributed by atoms with Crippen molar-refractivity contribution in [3.05, 3.63) is 29.8 Å². The second-order valence-electron chi connectivity index (χ2n) is 5.33. The van der Waals surface area contributed by atoms with Gasteiger partial charge >= 0.3 is 0 Å². The predicted molar refractivity (Wildman–Crippen MR) is 75.9 cm³/mol. The minimum atomic E-state index is 0.110. The van der Waals surface area contributed by atoms with Gasteiger partial charge in [0.1, 0.15) is 5.75 Å². The molecule has 0 aromatic heterocycles. The molecule has 1 aliphatic heterocycles. The molecule has 0 radical (unpaired) electrons. The van der Waals surface area contributed by atoms with Crippen LogP contribution in [0.15, 0.2) is 24.3 Å². The van der Waals surface area contributed by atoms with Gasteiger partial charge in [0.05, 0.1) is 12.2 Å². The van der Waals surface area contributed by atoms with Crippen molar-refractivity contribution in [3.8, 4) is 5.75 Å². The van der Waals surface area contributed by atoms with Crippen LogP contribution in [0.3, 0.4) is 0 Å². The number of benzene rings is 1. The quantitative estimate of drug-likeness (QED) is 0.612. The number of hydrogen-bond donors (Lipinski definition) is 2. The van der Waals surface area contributed by atoms with Gasteiger partial charge in [0.2, 0.25) is 0 Å². The molecular weight excluding hydrogens is 240 g/mol. The predicted octanol–water partition coefficient (Wildman–Crippen LogP) is 2.55. The zero-order chi connectivity index (χ0) is 13.7. The van der Waals surface area contributed by atoms with Crippen molar-refractivity contribution < 1.29 is 9.47 Å². The van der Waals surface area contributed by atoms with E-state index in [1.807, 2.05) is 26.0 Å². The molecule has 1 aromatic rings. The van der Waals surface area contributed by atoms with Crippen molar-refractivity contribution in [2.24, 2.45) is 5.84 Å². The van der Waals surface area contributed by atoms with Gasteiger partial charge in [-0.05, 0) is 50.8 Å². The van der Waals surface area contributed by atoms with Gasteiger partial charge in [-0.1, -0.05) is 12.1 Å². The van der Waals surface area contributed by atoms with Crippen LogP contribution in [0.25, 0.3) is 0 Å². The SMILES string of the molecule is CC(C)Oc1cccc(C(CC2CCCO2)NN)c1. The summed E-state index contributed by atoms with van der Waals surface area (Å²) in [6.07, 6.45) is 3.67. The van der Waals surface area contributed by atoms with Crippen LogP contribution < -0.4 is 16.0 Å². The second-order valence-corrected chi connectivity index (χ2v) is 5.33. The molecule has 106 valence electrons. The molecule has 2 rings (SSSR count). The van der Waals surface area contributed by atoms with E-state index in [9.17, 15) is 0 Å². The van der Waals surface area contributed by atoms with Gasteiger partial charge in [-0.3, -0.25) is 11.3 Å². The lowest BCUT2D eigenvalue weighted by molar-refractivity contribution is 0.0945. The van der Waals surface area contributed by atoms with E-state index in [2.05, 4.69) is 17.6 Å². The fourth-order valence-corrected chi connectivity index (χ4v) is 2.47. The van der Waals surface area contributed by atoms with E-state index in [0.717, 1.165) is 37.2 Å². The maximum atomic E-state index is 5.72. The molecule has 2 unspecified atom stereocenters. The molecule has 1 fully saturated rings. The maximum absolute atomic E-state index is 5.72. The van der Waals surface area contributed by atoms with E-state index in [1.165, 1.54) is 0 Å². The van der Waals surface area contributed by atoms with Gasteiger partial charge in [0.15, 0.2) is 0 Å². The highest BCUT2D eigenvalue weighted by Crippen LogP contribution is 2.27. The van der Waals surface area contributed by atoms with Crippen LogP contribution in [0.1, 0.15) is 44.7 Å². The summed E-state index contributed by atoms with van der Waals surface area (Å²) in [6.45, 7) is 4.92. The molecule has 1 heterocycles. The van der Waals surface area contributed by atoms with Crippen LogP contribution >= 0.6 is 0 Å². The summed E-state index contributed by atoms with van der Waals surface area (Å²) in [5.74, 6) is 6.58. The first kappa shape index (κ1) is 14.3. The van der Waals surface area contributed by atoms with Crippen molar-refractivity contribution >= 4 is 0 Å². The summed E-state index contributed by atoms with van der Waals surface area (Å²) in [6, 6.07) is 8.22. The summed E-state index contributed by atoms with van der Waals surface area (Å²) in [5, 5.41) is 0. The van der Waals surface area contributed by atoms with Gasteiger partial charge in [-0.15, -0.1) is 0 Å². The van der Waals surface area contributed by atoms with Gasteiger partial charge in [0.25, 0.3) is 0 Å². The summed E-state index contributed by atoms with van der Waals surface area (Å²) >= 11 is 0. The minimum absolute atomic E-state index is 0.110. The van der Waals surface area contributed by atoms with Crippen LogP contribution in [0, 0.1) is 0 Å². The van der Waals surface area contributed by atoms with E-state index in [-0.39, 0.29) is 12.1 Å². The summed E-state index contributed by atoms with van der Waals surface area (Å²) in [5.41, 5.74) is 4.04. The molecule has 4 heteroatoms. The number of ether oxygens (including phenoxy) is 2. The lowest BCUT2D eigenvalue weighted by Gasteiger charge is -2.21. The Morgan fingerprint density at radius 1 is 1.47 bits per heavy atom. The third kappa shape index (κ3) is 4.20. The lowest BCUT2D eigenvalue weighted by atomic mass is 9.99. The molecule has 1 aliphatic rings. The topological polar surface area (TPSA) is 56.5 Å². The van der Waals surface area contributed by atoms with Gasteiger partial charge in [-0.25, -0.2) is 0 Å². The highest BCUT2D eigenvalue weighted by Gasteiger charge is 2.21. The van der Waals surface area contributed by atoms with Crippen LogP contribution in [0.2, 0.25) is 0 Å². The molecule has 0 saturated carbocycles. The van der Waals surface area contributed by atoms with Crippen molar-refractivity contribution in [2.45, 2.75) is 51.4 Å². The largest absolute Gasteiger partial charge is 0.491 e. The van der Waals surface area contributed by atoms with Crippen LogP contribution in [0.4, 0.5) is 0 Å². The first-order valence-electron chi connectivity index (χ1n) is 7.03. The smallest absolute Gasteiger partial charge is 0.120 e. The zero-order valence-electron chi connectivity index (χ0n) is 11.8. The van der Waals surface area contributed by atoms with E-state index >= 15 is 0 Å². The van der Waals surface area contributed by atoms with Crippen molar-refractivity contribution in [1.82, 2.24) is 5.43 Å². The maximum Gasteiger partial charge on any atom is 0.120 e. The molecule has 4 nitrogen and oxygen atoms in total. The Balaban J connectivity index is 2.04. The van der Waals surface area contributed by atoms with Crippen molar-refractivity contribution in [3.63, 3.8) is 0 Å². The van der Waals surface area contributed by atoms with E-state index in [4.69, 9.17) is 15.3 Å². The number of hydrogen-bond acceptors (Lipinski definition) is 4. The average molecular weight is 264 g/mol. The standard InChI is InChI=1S/C15H24N2O2/c1-11(2)19-14-6-3-5-12(9-14)15(17-16)10-13-7-4-8-18-13/h3,5-6,9,11,13,15,17H,4,7-8,10,16H2,1-2H3. The van der Waals surface area contributed by atoms with E-state index in [0.29, 0.717) is 6.10 Å². The number of hydrazine groups is 1. The van der Waals surface area contributed by atoms with Gasteiger partial charge in [-0.2, -0.15) is 0 Å². The van der Waals surface area contributed by atoms with Gasteiger partial charge in [0, 0.05) is 12.6 Å². The molecule has 19 heavy (non-hydrogen) atoms. The summed E-state index contributed by atoms with van der Waals surface area (Å²) in [7, 11) is 0. The van der Waals surface area contributed by atoms with Crippen molar-refractivity contribution in [1.29, 1.82) is 0 Å². The molecule has 0 bridgehead atoms. The Labute approximate surface area is 115 Å². The number of nitrogens with one attached hydrogen (secondary N) is 1. The molecule has 0 aliphatic carbocycles. The third-order valence-electron chi connectivity index (χ3n) is 3.36. The highest BCUT2D eigenvalue weighted by molar-refractivity contribution is 5.30. The molecule has 3 N–H and O–H groups in total. The monoisotopic (exact) mass is 264 g/mol. The Hall–Kier alpha value is -1.10. The van der Waals surface area contributed by atoms with Crippen molar-refractivity contribution in [2.75, 3.05) is 6.61 Å². The van der Waals surface area contributed by atoms with E-state index < -0.39 is 0 Å². The lowest BCUT2D eigenvalue weighted by Crippen LogP contribution is -2.30. The normalized spacial score (nSPS) is 20.7. The highest BCUT2D eigenvalue weighted by atomic mass is 16.5. The van der Waals surface area contributed by atoms with E-state index in [1.54, 1.807) is 0 Å². The molecule has 0 amide bonds. The molecule has 2 atom stereocenters. The van der Waals surface area contributed by atoms with Crippen LogP contribution in [0.5, 0.6) is 5.75 Å². The number of nitrogens with two attached hydrogens (primary N) is 1.